The van der Waals surface area contributed by atoms with Gasteiger partial charge in [0.15, 0.2) is 0 Å². The fourth-order valence-corrected chi connectivity index (χ4v) is 1.96. The van der Waals surface area contributed by atoms with Gasteiger partial charge in [-0.25, -0.2) is 0 Å². The van der Waals surface area contributed by atoms with Gasteiger partial charge in [-0.05, 0) is 20.8 Å². The van der Waals surface area contributed by atoms with E-state index >= 15 is 0 Å². The molecule has 0 radical (unpaired) electrons. The largest absolute Gasteiger partial charge is 0.468 e. The van der Waals surface area contributed by atoms with Crippen molar-refractivity contribution in [2.45, 2.75) is 32.9 Å². The van der Waals surface area contributed by atoms with E-state index in [1.54, 1.807) is 20.8 Å². The summed E-state index contributed by atoms with van der Waals surface area (Å²) >= 11 is 0. The lowest BCUT2D eigenvalue weighted by atomic mass is 10.0. The molecular formula is C10H15NO4. The Balaban J connectivity index is 3.00. The molecule has 0 bridgehead atoms. The van der Waals surface area contributed by atoms with E-state index in [4.69, 9.17) is 0 Å². The molecular weight excluding hydrogens is 198 g/mol. The molecule has 0 saturated carbocycles. The number of hydrogen-bond acceptors (Lipinski definition) is 4. The van der Waals surface area contributed by atoms with Crippen LogP contribution in [0.3, 0.4) is 0 Å². The number of carbonyl (C=O) groups is 3. The van der Waals surface area contributed by atoms with Crippen LogP contribution >= 0.6 is 0 Å². The zero-order valence-corrected chi connectivity index (χ0v) is 9.31. The number of nitrogens with zero attached hydrogens (tertiary/aromatic N) is 1. The summed E-state index contributed by atoms with van der Waals surface area (Å²) in [5.41, 5.74) is 0. The summed E-state index contributed by atoms with van der Waals surface area (Å²) in [4.78, 5) is 35.8. The number of rotatable bonds is 2. The Labute approximate surface area is 88.4 Å². The van der Waals surface area contributed by atoms with Gasteiger partial charge in [-0.2, -0.15) is 0 Å². The molecule has 1 saturated heterocycles. The van der Waals surface area contributed by atoms with Crippen LogP contribution in [0.2, 0.25) is 0 Å². The second-order valence-electron chi connectivity index (χ2n) is 3.91. The van der Waals surface area contributed by atoms with Gasteiger partial charge in [0.25, 0.3) is 5.91 Å². The molecule has 5 heteroatoms. The van der Waals surface area contributed by atoms with Crippen LogP contribution in [0.1, 0.15) is 20.8 Å². The normalized spacial score (nSPS) is 26.3. The quantitative estimate of drug-likeness (QED) is 0.367. The SMILES string of the molecule is COC(=O)C1C(=O)C(=O)N(C(C)C)C1C. The Morgan fingerprint density at radius 3 is 2.27 bits per heavy atom. The minimum Gasteiger partial charge on any atom is -0.468 e. The van der Waals surface area contributed by atoms with Gasteiger partial charge in [-0.15, -0.1) is 0 Å². The molecule has 2 atom stereocenters. The minimum atomic E-state index is -0.968. The van der Waals surface area contributed by atoms with Crippen LogP contribution in [-0.2, 0) is 19.1 Å². The Morgan fingerprint density at radius 1 is 1.40 bits per heavy atom. The maximum atomic E-state index is 11.6. The lowest BCUT2D eigenvalue weighted by Gasteiger charge is -2.26. The minimum absolute atomic E-state index is 0.0916. The Kier molecular flexibility index (Phi) is 3.12. The first-order chi connectivity index (χ1) is 6.91. The number of amides is 1. The lowest BCUT2D eigenvalue weighted by molar-refractivity contribution is -0.150. The molecule has 5 nitrogen and oxygen atoms in total. The first-order valence-corrected chi connectivity index (χ1v) is 4.86. The number of Topliss-reactive ketones (excluding diaryl/α,β-unsaturated/α-hetero) is 1. The van der Waals surface area contributed by atoms with Gasteiger partial charge in [-0.1, -0.05) is 0 Å². The molecule has 1 amide bonds. The average Bonchev–Trinajstić information content (AvgIpc) is 2.37. The van der Waals surface area contributed by atoms with Crippen LogP contribution in [0.15, 0.2) is 0 Å². The van der Waals surface area contributed by atoms with E-state index in [1.165, 1.54) is 12.0 Å². The number of ether oxygens (including phenoxy) is 1. The molecule has 15 heavy (non-hydrogen) atoms. The lowest BCUT2D eigenvalue weighted by Crippen LogP contribution is -2.40. The first kappa shape index (κ1) is 11.7. The number of likely N-dealkylation sites (tertiary alicyclic amines) is 1. The maximum Gasteiger partial charge on any atom is 0.318 e. The topological polar surface area (TPSA) is 63.7 Å². The number of ketones is 1. The molecule has 1 aliphatic rings. The van der Waals surface area contributed by atoms with Crippen molar-refractivity contribution < 1.29 is 19.1 Å². The molecule has 1 rings (SSSR count). The van der Waals surface area contributed by atoms with E-state index < -0.39 is 29.6 Å². The van der Waals surface area contributed by atoms with Crippen molar-refractivity contribution in [3.05, 3.63) is 0 Å². The van der Waals surface area contributed by atoms with Crippen molar-refractivity contribution >= 4 is 17.7 Å². The van der Waals surface area contributed by atoms with Gasteiger partial charge < -0.3 is 9.64 Å². The summed E-state index contributed by atoms with van der Waals surface area (Å²) in [7, 11) is 1.21. The van der Waals surface area contributed by atoms with Crippen molar-refractivity contribution in [2.24, 2.45) is 5.92 Å². The average molecular weight is 213 g/mol. The highest BCUT2D eigenvalue weighted by Gasteiger charge is 2.50. The monoisotopic (exact) mass is 213 g/mol. The number of methoxy groups -OCH3 is 1. The summed E-state index contributed by atoms with van der Waals surface area (Å²) in [6.07, 6.45) is 0. The van der Waals surface area contributed by atoms with Crippen LogP contribution in [0, 0.1) is 5.92 Å². The van der Waals surface area contributed by atoms with E-state index in [9.17, 15) is 14.4 Å². The van der Waals surface area contributed by atoms with Crippen molar-refractivity contribution in [1.82, 2.24) is 4.90 Å². The second-order valence-corrected chi connectivity index (χ2v) is 3.91. The predicted molar refractivity (Wildman–Crippen MR) is 52.0 cm³/mol. The van der Waals surface area contributed by atoms with Gasteiger partial charge in [-0.3, -0.25) is 14.4 Å². The molecule has 0 N–H and O–H groups in total. The van der Waals surface area contributed by atoms with E-state index in [2.05, 4.69) is 4.74 Å². The van der Waals surface area contributed by atoms with Crippen molar-refractivity contribution in [2.75, 3.05) is 7.11 Å². The third-order valence-corrected chi connectivity index (χ3v) is 2.66. The van der Waals surface area contributed by atoms with Crippen LogP contribution < -0.4 is 0 Å². The summed E-state index contributed by atoms with van der Waals surface area (Å²) in [5, 5.41) is 0. The van der Waals surface area contributed by atoms with Crippen LogP contribution in [0.5, 0.6) is 0 Å². The molecule has 2 unspecified atom stereocenters. The molecule has 1 fully saturated rings. The number of carbonyl (C=O) groups excluding carboxylic acids is 3. The summed E-state index contributed by atoms with van der Waals surface area (Å²) in [6.45, 7) is 5.30. The Hall–Kier alpha value is -1.39. The summed E-state index contributed by atoms with van der Waals surface area (Å²) < 4.78 is 4.51. The second kappa shape index (κ2) is 4.00. The van der Waals surface area contributed by atoms with E-state index in [1.807, 2.05) is 0 Å². The third kappa shape index (κ3) is 1.73. The highest BCUT2D eigenvalue weighted by atomic mass is 16.5. The van der Waals surface area contributed by atoms with E-state index in [0.29, 0.717) is 0 Å². The van der Waals surface area contributed by atoms with E-state index in [-0.39, 0.29) is 6.04 Å². The zero-order chi connectivity index (χ0) is 11.7. The van der Waals surface area contributed by atoms with Crippen LogP contribution in [0.25, 0.3) is 0 Å². The molecule has 1 aliphatic heterocycles. The standard InChI is InChI=1S/C10H15NO4/c1-5(2)11-6(3)7(10(14)15-4)8(12)9(11)13/h5-7H,1-4H3. The van der Waals surface area contributed by atoms with Crippen LogP contribution in [0.4, 0.5) is 0 Å². The number of esters is 1. The van der Waals surface area contributed by atoms with Crippen LogP contribution in [-0.4, -0.2) is 41.8 Å². The molecule has 0 spiro atoms. The smallest absolute Gasteiger partial charge is 0.318 e. The third-order valence-electron chi connectivity index (χ3n) is 2.66. The van der Waals surface area contributed by atoms with Gasteiger partial charge >= 0.3 is 5.97 Å². The van der Waals surface area contributed by atoms with Crippen molar-refractivity contribution in [1.29, 1.82) is 0 Å². The molecule has 1 heterocycles. The number of hydrogen-bond donors (Lipinski definition) is 0. The highest BCUT2D eigenvalue weighted by Crippen LogP contribution is 2.25. The summed E-state index contributed by atoms with van der Waals surface area (Å²) in [5.74, 6) is -2.86. The van der Waals surface area contributed by atoms with Crippen molar-refractivity contribution in [3.63, 3.8) is 0 Å². The predicted octanol–water partition coefficient (Wildman–Crippen LogP) is -0.0162. The zero-order valence-electron chi connectivity index (χ0n) is 9.31. The summed E-state index contributed by atoms with van der Waals surface area (Å²) in [6, 6.07) is -0.511. The molecule has 84 valence electrons. The van der Waals surface area contributed by atoms with E-state index in [0.717, 1.165) is 0 Å². The van der Waals surface area contributed by atoms with Crippen molar-refractivity contribution in [3.8, 4) is 0 Å². The van der Waals surface area contributed by atoms with Gasteiger partial charge in [0.2, 0.25) is 5.78 Å². The Morgan fingerprint density at radius 2 is 1.93 bits per heavy atom. The highest BCUT2D eigenvalue weighted by molar-refractivity contribution is 6.42. The van der Waals surface area contributed by atoms with Gasteiger partial charge in [0.1, 0.15) is 5.92 Å². The van der Waals surface area contributed by atoms with Gasteiger partial charge in [0, 0.05) is 6.04 Å². The fourth-order valence-electron chi connectivity index (χ4n) is 1.96. The molecule has 0 aromatic rings. The molecule has 0 aromatic carbocycles. The Bertz CT molecular complexity index is 311. The maximum absolute atomic E-state index is 11.6. The first-order valence-electron chi connectivity index (χ1n) is 4.86. The molecule has 0 aromatic heterocycles. The van der Waals surface area contributed by atoms with Gasteiger partial charge in [0.05, 0.1) is 13.2 Å². The fraction of sp³-hybridized carbons (Fsp3) is 0.700. The molecule has 0 aliphatic carbocycles.